The third-order valence-corrected chi connectivity index (χ3v) is 3.50. The van der Waals surface area contributed by atoms with Gasteiger partial charge in [0.1, 0.15) is 11.5 Å². The number of hydrogen-bond acceptors (Lipinski definition) is 3. The number of hydrogen-bond donors (Lipinski definition) is 1. The molecule has 1 atom stereocenters. The number of ether oxygens (including phenoxy) is 2. The highest BCUT2D eigenvalue weighted by molar-refractivity contribution is 6.30. The van der Waals surface area contributed by atoms with Crippen molar-refractivity contribution < 1.29 is 14.3 Å². The molecule has 23 heavy (non-hydrogen) atoms. The van der Waals surface area contributed by atoms with Crippen LogP contribution in [0.15, 0.2) is 48.5 Å². The van der Waals surface area contributed by atoms with Crippen LogP contribution in [-0.2, 0) is 4.79 Å². The maximum absolute atomic E-state index is 11.9. The molecule has 0 aromatic heterocycles. The highest BCUT2D eigenvalue weighted by Crippen LogP contribution is 2.18. The molecule has 2 rings (SSSR count). The molecule has 0 aliphatic carbocycles. The Morgan fingerprint density at radius 2 is 1.61 bits per heavy atom. The van der Waals surface area contributed by atoms with E-state index in [1.54, 1.807) is 24.3 Å². The van der Waals surface area contributed by atoms with Gasteiger partial charge in [-0.2, -0.15) is 0 Å². The Kier molecular flexibility index (Phi) is 6.29. The molecule has 0 aliphatic rings. The summed E-state index contributed by atoms with van der Waals surface area (Å²) in [6.45, 7) is 4.42. The summed E-state index contributed by atoms with van der Waals surface area (Å²) in [5.41, 5.74) is 0.990. The monoisotopic (exact) mass is 333 g/mol. The number of benzene rings is 2. The van der Waals surface area contributed by atoms with Gasteiger partial charge >= 0.3 is 0 Å². The molecule has 122 valence electrons. The SMILES string of the molecule is CCOc1ccc(OCC(=O)NC(C)c2ccc(Cl)cc2)cc1. The van der Waals surface area contributed by atoms with Gasteiger partial charge in [0.25, 0.3) is 5.91 Å². The Labute approximate surface area is 141 Å². The van der Waals surface area contributed by atoms with Crippen molar-refractivity contribution in [2.24, 2.45) is 0 Å². The molecule has 1 unspecified atom stereocenters. The van der Waals surface area contributed by atoms with Crippen LogP contribution in [0, 0.1) is 0 Å². The molecule has 4 nitrogen and oxygen atoms in total. The number of nitrogens with one attached hydrogen (secondary N) is 1. The molecule has 2 aromatic carbocycles. The van der Waals surface area contributed by atoms with Crippen LogP contribution < -0.4 is 14.8 Å². The third-order valence-electron chi connectivity index (χ3n) is 3.25. The lowest BCUT2D eigenvalue weighted by Gasteiger charge is -2.15. The minimum Gasteiger partial charge on any atom is -0.494 e. The lowest BCUT2D eigenvalue weighted by molar-refractivity contribution is -0.123. The van der Waals surface area contributed by atoms with E-state index < -0.39 is 0 Å². The second-order valence-corrected chi connectivity index (χ2v) is 5.47. The Hall–Kier alpha value is -2.20. The highest BCUT2D eigenvalue weighted by atomic mass is 35.5. The molecule has 5 heteroatoms. The van der Waals surface area contributed by atoms with E-state index in [1.807, 2.05) is 38.1 Å². The third kappa shape index (κ3) is 5.49. The van der Waals surface area contributed by atoms with E-state index in [9.17, 15) is 4.79 Å². The Morgan fingerprint density at radius 3 is 2.17 bits per heavy atom. The normalized spacial score (nSPS) is 11.6. The van der Waals surface area contributed by atoms with Crippen LogP contribution in [0.25, 0.3) is 0 Å². The van der Waals surface area contributed by atoms with Crippen LogP contribution in [0.5, 0.6) is 11.5 Å². The summed E-state index contributed by atoms with van der Waals surface area (Å²) in [5, 5.41) is 3.56. The summed E-state index contributed by atoms with van der Waals surface area (Å²) >= 11 is 5.85. The summed E-state index contributed by atoms with van der Waals surface area (Å²) in [5.74, 6) is 1.23. The fourth-order valence-electron chi connectivity index (χ4n) is 2.07. The summed E-state index contributed by atoms with van der Waals surface area (Å²) in [6, 6.07) is 14.5. The molecule has 0 bridgehead atoms. The molecule has 0 fully saturated rings. The van der Waals surface area contributed by atoms with Gasteiger partial charge in [-0.3, -0.25) is 4.79 Å². The molecule has 0 spiro atoms. The summed E-state index contributed by atoms with van der Waals surface area (Å²) in [7, 11) is 0. The van der Waals surface area contributed by atoms with Gasteiger partial charge in [-0.15, -0.1) is 0 Å². The first-order valence-corrected chi connectivity index (χ1v) is 7.86. The highest BCUT2D eigenvalue weighted by Gasteiger charge is 2.10. The van der Waals surface area contributed by atoms with Crippen LogP contribution in [-0.4, -0.2) is 19.1 Å². The van der Waals surface area contributed by atoms with E-state index in [-0.39, 0.29) is 18.6 Å². The zero-order valence-corrected chi connectivity index (χ0v) is 14.0. The molecule has 0 aliphatic heterocycles. The van der Waals surface area contributed by atoms with Crippen LogP contribution in [0.2, 0.25) is 5.02 Å². The van der Waals surface area contributed by atoms with Crippen LogP contribution >= 0.6 is 11.6 Å². The Bertz CT molecular complexity index is 626. The van der Waals surface area contributed by atoms with E-state index >= 15 is 0 Å². The van der Waals surface area contributed by atoms with Crippen molar-refractivity contribution in [1.29, 1.82) is 0 Å². The molecule has 0 saturated carbocycles. The largest absolute Gasteiger partial charge is 0.494 e. The maximum Gasteiger partial charge on any atom is 0.258 e. The molecule has 1 amide bonds. The molecule has 2 aromatic rings. The Balaban J connectivity index is 1.81. The van der Waals surface area contributed by atoms with E-state index in [0.29, 0.717) is 17.4 Å². The topological polar surface area (TPSA) is 47.6 Å². The zero-order chi connectivity index (χ0) is 16.7. The molecule has 0 radical (unpaired) electrons. The standard InChI is InChI=1S/C18H20ClNO3/c1-3-22-16-8-10-17(11-9-16)23-12-18(21)20-13(2)14-4-6-15(19)7-5-14/h4-11,13H,3,12H2,1-2H3,(H,20,21). The fourth-order valence-corrected chi connectivity index (χ4v) is 2.19. The van der Waals surface area contributed by atoms with Gasteiger partial charge in [0.05, 0.1) is 12.6 Å². The number of carbonyl (C=O) groups excluding carboxylic acids is 1. The van der Waals surface area contributed by atoms with Crippen molar-refractivity contribution in [2.75, 3.05) is 13.2 Å². The number of rotatable bonds is 7. The molecular weight excluding hydrogens is 314 g/mol. The minimum absolute atomic E-state index is 0.0358. The van der Waals surface area contributed by atoms with Crippen LogP contribution in [0.4, 0.5) is 0 Å². The molecule has 1 N–H and O–H groups in total. The van der Waals surface area contributed by atoms with Crippen molar-refractivity contribution in [2.45, 2.75) is 19.9 Å². The van der Waals surface area contributed by atoms with Crippen molar-refractivity contribution in [3.8, 4) is 11.5 Å². The van der Waals surface area contributed by atoms with Crippen LogP contribution in [0.3, 0.4) is 0 Å². The van der Waals surface area contributed by atoms with Crippen LogP contribution in [0.1, 0.15) is 25.5 Å². The second-order valence-electron chi connectivity index (χ2n) is 5.03. The van der Waals surface area contributed by atoms with Crippen molar-refractivity contribution >= 4 is 17.5 Å². The Morgan fingerprint density at radius 1 is 1.04 bits per heavy atom. The average molecular weight is 334 g/mol. The number of amides is 1. The predicted octanol–water partition coefficient (Wildman–Crippen LogP) is 3.99. The van der Waals surface area contributed by atoms with Crippen molar-refractivity contribution in [3.63, 3.8) is 0 Å². The zero-order valence-electron chi connectivity index (χ0n) is 13.2. The minimum atomic E-state index is -0.179. The van der Waals surface area contributed by atoms with E-state index in [1.165, 1.54) is 0 Å². The quantitative estimate of drug-likeness (QED) is 0.833. The van der Waals surface area contributed by atoms with Gasteiger partial charge in [-0.1, -0.05) is 23.7 Å². The second kappa shape index (κ2) is 8.44. The van der Waals surface area contributed by atoms with Gasteiger partial charge in [0.15, 0.2) is 6.61 Å². The van der Waals surface area contributed by atoms with Gasteiger partial charge in [0, 0.05) is 5.02 Å². The lowest BCUT2D eigenvalue weighted by Crippen LogP contribution is -2.31. The number of halogens is 1. The molecule has 0 saturated heterocycles. The smallest absolute Gasteiger partial charge is 0.258 e. The van der Waals surface area contributed by atoms with Crippen molar-refractivity contribution in [3.05, 3.63) is 59.1 Å². The van der Waals surface area contributed by atoms with E-state index in [4.69, 9.17) is 21.1 Å². The van der Waals surface area contributed by atoms with Gasteiger partial charge in [0.2, 0.25) is 0 Å². The predicted molar refractivity (Wildman–Crippen MR) is 91.1 cm³/mol. The first-order valence-electron chi connectivity index (χ1n) is 7.49. The summed E-state index contributed by atoms with van der Waals surface area (Å²) < 4.78 is 10.8. The first-order chi connectivity index (χ1) is 11.1. The van der Waals surface area contributed by atoms with Gasteiger partial charge in [-0.05, 0) is 55.8 Å². The number of carbonyl (C=O) groups is 1. The fraction of sp³-hybridized carbons (Fsp3) is 0.278. The summed E-state index contributed by atoms with van der Waals surface area (Å²) in [6.07, 6.45) is 0. The van der Waals surface area contributed by atoms with Crippen molar-refractivity contribution in [1.82, 2.24) is 5.32 Å². The van der Waals surface area contributed by atoms with Gasteiger partial charge < -0.3 is 14.8 Å². The van der Waals surface area contributed by atoms with E-state index in [2.05, 4.69) is 5.32 Å². The summed E-state index contributed by atoms with van der Waals surface area (Å²) in [4.78, 5) is 11.9. The molecular formula is C18H20ClNO3. The first kappa shape index (κ1) is 17.2. The molecule has 0 heterocycles. The van der Waals surface area contributed by atoms with Gasteiger partial charge in [-0.25, -0.2) is 0 Å². The average Bonchev–Trinajstić information content (AvgIpc) is 2.55. The lowest BCUT2D eigenvalue weighted by atomic mass is 10.1. The maximum atomic E-state index is 11.9. The van der Waals surface area contributed by atoms with E-state index in [0.717, 1.165) is 11.3 Å².